The molecule has 0 aliphatic heterocycles. The molecule has 192 valence electrons. The molecule has 0 atom stereocenters. The number of carbonyl (C=O) groups is 2. The van der Waals surface area contributed by atoms with E-state index in [1.165, 1.54) is 12.1 Å². The molecule has 2 amide bonds. The molecule has 0 bridgehead atoms. The number of carbonyl (C=O) groups excluding carboxylic acids is 2. The minimum Gasteiger partial charge on any atom is -0.378 e. The highest BCUT2D eigenvalue weighted by Crippen LogP contribution is 2.29. The molecular weight excluding hydrogens is 468 g/mol. The molecule has 0 saturated heterocycles. The molecule has 2 aromatic carbocycles. The topological polar surface area (TPSA) is 169 Å². The van der Waals surface area contributed by atoms with Crippen molar-refractivity contribution >= 4 is 34.6 Å². The summed E-state index contributed by atoms with van der Waals surface area (Å²) < 4.78 is 0. The lowest BCUT2D eigenvalue weighted by molar-refractivity contribution is -0.384. The van der Waals surface area contributed by atoms with Crippen molar-refractivity contribution < 1.29 is 19.4 Å². The predicted molar refractivity (Wildman–Crippen MR) is 135 cm³/mol. The summed E-state index contributed by atoms with van der Waals surface area (Å²) in [5, 5.41) is 33.8. The smallest absolute Gasteiger partial charge is 0.292 e. The van der Waals surface area contributed by atoms with Gasteiger partial charge in [0.2, 0.25) is 11.8 Å². The van der Waals surface area contributed by atoms with Gasteiger partial charge in [-0.15, -0.1) is 0 Å². The maximum absolute atomic E-state index is 12.5. The highest BCUT2D eigenvalue weighted by Gasteiger charge is 2.29. The average Bonchev–Trinajstić information content (AvgIpc) is 2.89. The molecular formula is C24H30N6O6. The number of nitrogens with zero attached hydrogens (tertiary/aromatic N) is 2. The summed E-state index contributed by atoms with van der Waals surface area (Å²) in [6.45, 7) is 1.37. The van der Waals surface area contributed by atoms with Crippen molar-refractivity contribution in [2.24, 2.45) is 11.8 Å². The largest absolute Gasteiger partial charge is 0.378 e. The number of nitrogens with one attached hydrogen (secondary N) is 4. The first kappa shape index (κ1) is 26.4. The van der Waals surface area contributed by atoms with Gasteiger partial charge < -0.3 is 21.3 Å². The fourth-order valence-corrected chi connectivity index (χ4v) is 4.24. The van der Waals surface area contributed by atoms with E-state index in [4.69, 9.17) is 0 Å². The van der Waals surface area contributed by atoms with E-state index >= 15 is 0 Å². The first-order chi connectivity index (χ1) is 17.4. The first-order valence-corrected chi connectivity index (χ1v) is 11.9. The summed E-state index contributed by atoms with van der Waals surface area (Å²) >= 11 is 0. The van der Waals surface area contributed by atoms with Crippen molar-refractivity contribution in [3.8, 4) is 0 Å². The summed E-state index contributed by atoms with van der Waals surface area (Å²) in [5.41, 5.74) is 0.774. The predicted octanol–water partition coefficient (Wildman–Crippen LogP) is 3.07. The molecule has 12 heteroatoms. The second kappa shape index (κ2) is 13.0. The summed E-state index contributed by atoms with van der Waals surface area (Å²) in [5.74, 6) is -0.487. The summed E-state index contributed by atoms with van der Waals surface area (Å²) in [6, 6.07) is 12.7. The van der Waals surface area contributed by atoms with Crippen molar-refractivity contribution in [3.63, 3.8) is 0 Å². The van der Waals surface area contributed by atoms with Gasteiger partial charge in [0.25, 0.3) is 11.4 Å². The highest BCUT2D eigenvalue weighted by atomic mass is 16.6. The summed E-state index contributed by atoms with van der Waals surface area (Å²) in [7, 11) is 0. The number of para-hydroxylation sites is 4. The van der Waals surface area contributed by atoms with Crippen LogP contribution in [-0.4, -0.2) is 47.8 Å². The zero-order chi connectivity index (χ0) is 25.9. The molecule has 1 aliphatic carbocycles. The molecule has 0 heterocycles. The molecule has 0 radical (unpaired) electrons. The van der Waals surface area contributed by atoms with E-state index in [1.807, 2.05) is 0 Å². The molecule has 1 fully saturated rings. The van der Waals surface area contributed by atoms with E-state index in [2.05, 4.69) is 21.3 Å². The van der Waals surface area contributed by atoms with Crippen LogP contribution in [0.5, 0.6) is 0 Å². The lowest BCUT2D eigenvalue weighted by Gasteiger charge is -2.27. The van der Waals surface area contributed by atoms with Gasteiger partial charge in [0.1, 0.15) is 11.4 Å². The normalized spacial score (nSPS) is 17.0. The number of anilines is 2. The number of nitro benzene ring substituents is 2. The lowest BCUT2D eigenvalue weighted by Crippen LogP contribution is -2.39. The van der Waals surface area contributed by atoms with Gasteiger partial charge in [-0.25, -0.2) is 0 Å². The molecule has 0 spiro atoms. The SMILES string of the molecule is O=C(NCCNc1ccccc1[N+](=O)[O-])C1CCC(C(=O)NCCNc2ccccc2[N+](=O)[O-])CC1. The third-order valence-electron chi connectivity index (χ3n) is 6.15. The zero-order valence-electron chi connectivity index (χ0n) is 19.8. The first-order valence-electron chi connectivity index (χ1n) is 11.9. The molecule has 36 heavy (non-hydrogen) atoms. The van der Waals surface area contributed by atoms with Crippen LogP contribution in [0.2, 0.25) is 0 Å². The Morgan fingerprint density at radius 1 is 0.667 bits per heavy atom. The average molecular weight is 499 g/mol. The second-order valence-corrected chi connectivity index (χ2v) is 8.53. The number of nitro groups is 2. The van der Waals surface area contributed by atoms with Crippen molar-refractivity contribution in [2.45, 2.75) is 25.7 Å². The number of amides is 2. The molecule has 12 nitrogen and oxygen atoms in total. The summed E-state index contributed by atoms with van der Waals surface area (Å²) in [6.07, 6.45) is 2.43. The Bertz CT molecular complexity index is 1000. The van der Waals surface area contributed by atoms with E-state index in [-0.39, 0.29) is 35.0 Å². The van der Waals surface area contributed by atoms with Crippen molar-refractivity contribution in [1.82, 2.24) is 10.6 Å². The van der Waals surface area contributed by atoms with Crippen LogP contribution in [0, 0.1) is 32.1 Å². The number of rotatable bonds is 12. The molecule has 2 aromatic rings. The van der Waals surface area contributed by atoms with Gasteiger partial charge in [-0.05, 0) is 37.8 Å². The number of hydrogen-bond donors (Lipinski definition) is 4. The van der Waals surface area contributed by atoms with Gasteiger partial charge in [-0.2, -0.15) is 0 Å². The number of hydrogen-bond acceptors (Lipinski definition) is 8. The third kappa shape index (κ3) is 7.39. The fourth-order valence-electron chi connectivity index (χ4n) is 4.24. The maximum atomic E-state index is 12.5. The Kier molecular flexibility index (Phi) is 9.55. The van der Waals surface area contributed by atoms with Gasteiger partial charge >= 0.3 is 0 Å². The molecule has 4 N–H and O–H groups in total. The standard InChI is InChI=1S/C24H30N6O6/c31-23(27-15-13-25-19-5-1-3-7-21(19)29(33)34)17-9-11-18(12-10-17)24(32)28-16-14-26-20-6-2-4-8-22(20)30(35)36/h1-8,17-18,25-26H,9-16H2,(H,27,31)(H,28,32). The Hall–Kier alpha value is -4.22. The minimum atomic E-state index is -0.457. The van der Waals surface area contributed by atoms with Gasteiger partial charge in [-0.1, -0.05) is 24.3 Å². The second-order valence-electron chi connectivity index (χ2n) is 8.53. The molecule has 1 saturated carbocycles. The van der Waals surface area contributed by atoms with Gasteiger partial charge in [0.05, 0.1) is 9.85 Å². The Morgan fingerprint density at radius 3 is 1.39 bits per heavy atom. The van der Waals surface area contributed by atoms with Crippen molar-refractivity contribution in [2.75, 3.05) is 36.8 Å². The van der Waals surface area contributed by atoms with Crippen LogP contribution in [0.1, 0.15) is 25.7 Å². The van der Waals surface area contributed by atoms with Crippen molar-refractivity contribution in [3.05, 3.63) is 68.8 Å². The lowest BCUT2D eigenvalue weighted by atomic mass is 9.81. The number of benzene rings is 2. The van der Waals surface area contributed by atoms with Crippen LogP contribution in [0.15, 0.2) is 48.5 Å². The highest BCUT2D eigenvalue weighted by molar-refractivity contribution is 5.81. The Balaban J connectivity index is 1.32. The van der Waals surface area contributed by atoms with E-state index in [0.717, 1.165) is 0 Å². The van der Waals surface area contributed by atoms with Crippen LogP contribution >= 0.6 is 0 Å². The summed E-state index contributed by atoms with van der Waals surface area (Å²) in [4.78, 5) is 46.1. The molecule has 0 unspecified atom stereocenters. The van der Waals surface area contributed by atoms with Crippen LogP contribution < -0.4 is 21.3 Å². The maximum Gasteiger partial charge on any atom is 0.292 e. The van der Waals surface area contributed by atoms with Gasteiger partial charge in [0, 0.05) is 50.1 Å². The van der Waals surface area contributed by atoms with Crippen LogP contribution in [-0.2, 0) is 9.59 Å². The monoisotopic (exact) mass is 498 g/mol. The van der Waals surface area contributed by atoms with Crippen LogP contribution in [0.3, 0.4) is 0 Å². The molecule has 0 aromatic heterocycles. The third-order valence-corrected chi connectivity index (χ3v) is 6.15. The van der Waals surface area contributed by atoms with Gasteiger partial charge in [0.15, 0.2) is 0 Å². The van der Waals surface area contributed by atoms with Crippen LogP contribution in [0.4, 0.5) is 22.7 Å². The van der Waals surface area contributed by atoms with Gasteiger partial charge in [-0.3, -0.25) is 29.8 Å². The molecule has 1 aliphatic rings. The Labute approximate surface area is 208 Å². The minimum absolute atomic E-state index is 0.0161. The zero-order valence-corrected chi connectivity index (χ0v) is 19.8. The molecule has 3 rings (SSSR count). The van der Waals surface area contributed by atoms with Crippen LogP contribution in [0.25, 0.3) is 0 Å². The van der Waals surface area contributed by atoms with Crippen molar-refractivity contribution in [1.29, 1.82) is 0 Å². The van der Waals surface area contributed by atoms with E-state index in [9.17, 15) is 29.8 Å². The fraction of sp³-hybridized carbons (Fsp3) is 0.417. The van der Waals surface area contributed by atoms with E-state index in [1.54, 1.807) is 36.4 Å². The Morgan fingerprint density at radius 2 is 1.03 bits per heavy atom. The quantitative estimate of drug-likeness (QED) is 0.197. The van der Waals surface area contributed by atoms with E-state index < -0.39 is 9.85 Å². The van der Waals surface area contributed by atoms with E-state index in [0.29, 0.717) is 63.2 Å².